The molecule has 1 aliphatic heterocycles. The van der Waals surface area contributed by atoms with E-state index in [0.717, 1.165) is 0 Å². The van der Waals surface area contributed by atoms with Gasteiger partial charge in [-0.15, -0.1) is 0 Å². The lowest BCUT2D eigenvalue weighted by molar-refractivity contribution is 0.0112. The second kappa shape index (κ2) is 12.2. The molecule has 1 aliphatic rings. The van der Waals surface area contributed by atoms with Crippen LogP contribution in [-0.2, 0) is 5.66 Å². The number of methoxy groups -OCH3 is 2. The monoisotopic (exact) mass is 813 g/mol. The maximum atomic E-state index is 6.62. The summed E-state index contributed by atoms with van der Waals surface area (Å²) in [4.78, 5) is 0. The van der Waals surface area contributed by atoms with E-state index in [1.54, 1.807) is 36.4 Å². The number of hydrogen-bond acceptors (Lipinski definition) is 5. The van der Waals surface area contributed by atoms with Crippen molar-refractivity contribution in [3.63, 3.8) is 0 Å². The lowest BCUT2D eigenvalue weighted by atomic mass is 9.82. The van der Waals surface area contributed by atoms with Crippen LogP contribution >= 0.6 is 139 Å². The van der Waals surface area contributed by atoms with Crippen LogP contribution in [0.3, 0.4) is 0 Å². The molecular weight excluding hydrogens is 800 g/mol. The van der Waals surface area contributed by atoms with Crippen molar-refractivity contribution in [3.8, 4) is 11.5 Å². The summed E-state index contributed by atoms with van der Waals surface area (Å²) in [6.45, 7) is 0. The predicted molar refractivity (Wildman–Crippen MR) is 180 cm³/mol. The zero-order valence-electron chi connectivity index (χ0n) is 21.1. The first kappa shape index (κ1) is 35.7. The molecule has 230 valence electrons. The Hall–Kier alpha value is 0.880. The van der Waals surface area contributed by atoms with E-state index in [1.807, 2.05) is 24.3 Å². The third kappa shape index (κ3) is 5.91. The summed E-state index contributed by atoms with van der Waals surface area (Å²) < 4.78 is 0.865. The van der Waals surface area contributed by atoms with Crippen molar-refractivity contribution < 1.29 is 9.47 Å². The highest BCUT2D eigenvalue weighted by Gasteiger charge is 2.76. The van der Waals surface area contributed by atoms with Gasteiger partial charge >= 0.3 is 0 Å². The third-order valence-electron chi connectivity index (χ3n) is 6.86. The number of fused-ring (bicyclic) bond motifs is 1. The summed E-state index contributed by atoms with van der Waals surface area (Å²) in [5, 5.41) is 10.5. The highest BCUT2D eigenvalue weighted by molar-refractivity contribution is 6.75. The van der Waals surface area contributed by atoms with Crippen LogP contribution in [-0.4, -0.2) is 40.7 Å². The van der Waals surface area contributed by atoms with E-state index < -0.39 is 32.2 Å². The van der Waals surface area contributed by atoms with Gasteiger partial charge in [0.2, 0.25) is 15.2 Å². The molecule has 0 radical (unpaired) electrons. The van der Waals surface area contributed by atoms with Crippen LogP contribution < -0.4 is 25.4 Å². The number of halogens is 12. The molecule has 5 nitrogen and oxygen atoms in total. The van der Waals surface area contributed by atoms with Crippen molar-refractivity contribution in [3.05, 3.63) is 71.8 Å². The largest absolute Gasteiger partial charge is 0.497 e. The van der Waals surface area contributed by atoms with Crippen LogP contribution in [0.4, 0.5) is 0 Å². The average molecular weight is 819 g/mol. The minimum absolute atomic E-state index is 0.417. The highest BCUT2D eigenvalue weighted by atomic mass is 35.6. The zero-order valence-corrected chi connectivity index (χ0v) is 30.2. The van der Waals surface area contributed by atoms with Gasteiger partial charge < -0.3 is 9.47 Å². The molecule has 0 saturated carbocycles. The topological polar surface area (TPSA) is 54.6 Å². The fourth-order valence-corrected chi connectivity index (χ4v) is 8.58. The molecule has 0 aliphatic carbocycles. The van der Waals surface area contributed by atoms with Crippen LogP contribution in [0.2, 0.25) is 0 Å². The molecule has 1 heterocycles. The fourth-order valence-electron chi connectivity index (χ4n) is 4.88. The minimum Gasteiger partial charge on any atom is -0.497 e. The molecule has 0 spiro atoms. The maximum Gasteiger partial charge on any atom is 0.225 e. The van der Waals surface area contributed by atoms with Gasteiger partial charge in [0.25, 0.3) is 0 Å². The smallest absolute Gasteiger partial charge is 0.225 e. The first-order chi connectivity index (χ1) is 19.2. The molecular formula is C25H19Cl12N3O2. The van der Waals surface area contributed by atoms with E-state index in [0.29, 0.717) is 33.4 Å². The van der Waals surface area contributed by atoms with Crippen molar-refractivity contribution in [2.45, 2.75) is 32.2 Å². The molecule has 42 heavy (non-hydrogen) atoms. The quantitative estimate of drug-likeness (QED) is 0.229. The van der Waals surface area contributed by atoms with Crippen molar-refractivity contribution in [1.82, 2.24) is 16.0 Å². The molecule has 0 atom stereocenters. The van der Waals surface area contributed by atoms with E-state index in [2.05, 4.69) is 16.0 Å². The molecule has 0 bridgehead atoms. The van der Waals surface area contributed by atoms with E-state index in [1.165, 1.54) is 14.2 Å². The first-order valence-electron chi connectivity index (χ1n) is 11.6. The predicted octanol–water partition coefficient (Wildman–Crippen LogP) is 9.71. The van der Waals surface area contributed by atoms with E-state index >= 15 is 0 Å². The zero-order chi connectivity index (χ0) is 31.6. The maximum absolute atomic E-state index is 6.62. The molecule has 1 saturated heterocycles. The molecule has 17 heteroatoms. The normalized spacial score (nSPS) is 19.0. The summed E-state index contributed by atoms with van der Waals surface area (Å²) >= 11 is 79.5. The molecule has 3 aromatic rings. The van der Waals surface area contributed by atoms with E-state index in [9.17, 15) is 0 Å². The van der Waals surface area contributed by atoms with E-state index in [4.69, 9.17) is 149 Å². The standard InChI is InChI=1S/C25H19Cl12N3O2/c1-41-14-9-7-13(8-10-14)19(17-11-12-18(42-2)16-6-4-3-5-15(16)17)38-20(22(26,27)28,23(29,30)31)40-21(39-19,24(32,33)34)25(35,36)37/h3-12,38-40H,1-2H3. The highest BCUT2D eigenvalue weighted by Crippen LogP contribution is 2.60. The SMILES string of the molecule is COc1ccc(C2(c3ccc(OC)c4ccccc34)NC(C(Cl)(Cl)Cl)(C(Cl)(Cl)Cl)NC(C(Cl)(Cl)Cl)(C(Cl)(Cl)Cl)N2)cc1. The number of hydrogen-bond donors (Lipinski definition) is 3. The number of alkyl halides is 12. The molecule has 0 amide bonds. The second-order valence-electron chi connectivity index (χ2n) is 9.21. The van der Waals surface area contributed by atoms with Crippen molar-refractivity contribution in [2.24, 2.45) is 0 Å². The lowest BCUT2D eigenvalue weighted by Gasteiger charge is -2.64. The van der Waals surface area contributed by atoms with Gasteiger partial charge in [-0.2, -0.15) is 0 Å². The number of ether oxygens (including phenoxy) is 2. The molecule has 0 unspecified atom stereocenters. The van der Waals surface area contributed by atoms with E-state index in [-0.39, 0.29) is 0 Å². The second-order valence-corrected chi connectivity index (χ2v) is 18.3. The lowest BCUT2D eigenvalue weighted by Crippen LogP contribution is -2.94. The van der Waals surface area contributed by atoms with Crippen LogP contribution in [0.5, 0.6) is 11.5 Å². The molecule has 3 aromatic carbocycles. The Morgan fingerprint density at radius 2 is 0.976 bits per heavy atom. The molecule has 3 N–H and O–H groups in total. The Kier molecular flexibility index (Phi) is 10.3. The third-order valence-corrected chi connectivity index (χ3v) is 10.3. The van der Waals surface area contributed by atoms with Gasteiger partial charge in [-0.25, -0.2) is 0 Å². The molecule has 4 rings (SSSR count). The Bertz CT molecular complexity index is 1380. The van der Waals surface area contributed by atoms with Crippen LogP contribution in [0.25, 0.3) is 10.8 Å². The van der Waals surface area contributed by atoms with Gasteiger partial charge in [-0.05, 0) is 34.7 Å². The number of nitrogens with one attached hydrogen (secondary N) is 3. The summed E-state index contributed by atoms with van der Waals surface area (Å²) in [6.07, 6.45) is 0. The minimum atomic E-state index is -2.53. The Morgan fingerprint density at radius 1 is 0.524 bits per heavy atom. The van der Waals surface area contributed by atoms with Crippen LogP contribution in [0.1, 0.15) is 11.1 Å². The summed E-state index contributed by atoms with van der Waals surface area (Å²) in [5.74, 6) is 1.07. The van der Waals surface area contributed by atoms with Gasteiger partial charge in [0.15, 0.2) is 11.3 Å². The number of rotatable bonds is 4. The van der Waals surface area contributed by atoms with Gasteiger partial charge in [0.1, 0.15) is 17.2 Å². The van der Waals surface area contributed by atoms with Gasteiger partial charge in [0.05, 0.1) is 14.2 Å². The van der Waals surface area contributed by atoms with Crippen molar-refractivity contribution in [1.29, 1.82) is 0 Å². The average Bonchev–Trinajstić information content (AvgIpc) is 2.89. The summed E-state index contributed by atoms with van der Waals surface area (Å²) in [5.41, 5.74) is -5.84. The molecule has 1 fully saturated rings. The number of benzene rings is 3. The van der Waals surface area contributed by atoms with Gasteiger partial charge in [-0.3, -0.25) is 16.0 Å². The molecule has 0 aromatic heterocycles. The van der Waals surface area contributed by atoms with Gasteiger partial charge in [0, 0.05) is 5.39 Å². The fraction of sp³-hybridized carbons (Fsp3) is 0.360. The van der Waals surface area contributed by atoms with Crippen LogP contribution in [0, 0.1) is 0 Å². The first-order valence-corrected chi connectivity index (χ1v) is 16.1. The summed E-state index contributed by atoms with van der Waals surface area (Å²) in [7, 11) is 3.05. The Balaban J connectivity index is 2.28. The Morgan fingerprint density at radius 3 is 1.38 bits per heavy atom. The Labute approximate surface area is 302 Å². The van der Waals surface area contributed by atoms with Crippen molar-refractivity contribution in [2.75, 3.05) is 14.2 Å². The van der Waals surface area contributed by atoms with Gasteiger partial charge in [-0.1, -0.05) is 182 Å². The summed E-state index contributed by atoms with van der Waals surface area (Å²) in [6, 6.07) is 17.5. The van der Waals surface area contributed by atoms with Crippen LogP contribution in [0.15, 0.2) is 60.7 Å². The van der Waals surface area contributed by atoms with Crippen molar-refractivity contribution >= 4 is 150 Å².